The highest BCUT2D eigenvalue weighted by molar-refractivity contribution is 7.92. The van der Waals surface area contributed by atoms with Crippen LogP contribution in [0.2, 0.25) is 0 Å². The minimum absolute atomic E-state index is 0.118. The van der Waals surface area contributed by atoms with Gasteiger partial charge in [0, 0.05) is 6.54 Å². The summed E-state index contributed by atoms with van der Waals surface area (Å²) in [7, 11) is -5.91. The zero-order valence-corrected chi connectivity index (χ0v) is 9.04. The summed E-state index contributed by atoms with van der Waals surface area (Å²) in [6, 6.07) is -5.95. The Hall–Kier alpha value is -1.34. The first-order valence-corrected chi connectivity index (χ1v) is 5.65. The molecule has 3 nitrogen and oxygen atoms in total. The molecule has 0 aliphatic carbocycles. The number of rotatable bonds is 4. The lowest BCUT2D eigenvalue weighted by atomic mass is 10.4. The van der Waals surface area contributed by atoms with Gasteiger partial charge in [-0.3, -0.25) is 0 Å². The van der Waals surface area contributed by atoms with E-state index in [9.17, 15) is 21.6 Å². The Morgan fingerprint density at radius 3 is 2.41 bits per heavy atom. The molecule has 0 fully saturated rings. The molecule has 0 bridgehead atoms. The molecule has 17 heavy (non-hydrogen) atoms. The van der Waals surface area contributed by atoms with Gasteiger partial charge < -0.3 is 5.73 Å². The number of hydrogen-bond acceptors (Lipinski definition) is 3. The molecule has 0 aromatic heterocycles. The average Bonchev–Trinajstić information content (AvgIpc) is 2.43. The van der Waals surface area contributed by atoms with Gasteiger partial charge in [-0.15, -0.1) is 0 Å². The fourth-order valence-corrected chi connectivity index (χ4v) is 1.82. The Balaban J connectivity index is 3.79. The van der Waals surface area contributed by atoms with Crippen LogP contribution in [0.25, 0.3) is 0 Å². The van der Waals surface area contributed by atoms with Crippen molar-refractivity contribution >= 4 is 9.84 Å². The van der Waals surface area contributed by atoms with Gasteiger partial charge in [0.25, 0.3) is 9.84 Å². The van der Waals surface area contributed by atoms with Crippen molar-refractivity contribution in [2.24, 2.45) is 5.73 Å². The maximum absolute atomic E-state index is 13.8. The molecule has 0 saturated carbocycles. The number of halogens is 3. The van der Waals surface area contributed by atoms with E-state index in [1.54, 1.807) is 0 Å². The predicted molar refractivity (Wildman–Crippen MR) is 56.8 cm³/mol. The second-order valence-corrected chi connectivity index (χ2v) is 4.69. The summed E-state index contributed by atoms with van der Waals surface area (Å²) in [5.74, 6) is -2.39. The summed E-state index contributed by atoms with van der Waals surface area (Å²) in [5.41, 5.74) is 4.83. The molecule has 0 atom stereocenters. The molecule has 1 aromatic carbocycles. The van der Waals surface area contributed by atoms with Crippen molar-refractivity contribution in [2.45, 2.75) is 10.2 Å². The second kappa shape index (κ2) is 4.89. The van der Waals surface area contributed by atoms with Crippen LogP contribution in [0.1, 0.15) is 6.85 Å². The standard InChI is InChI=1S/C10H10F3NO2S/c11-9(6-7-14)10(12,13)17(15,16)8-4-2-1-3-5-8/h1-6H,7,14H2/b9-6-/i1D,2D,3D,4D,5D. The predicted octanol–water partition coefficient (Wildman–Crippen LogP) is 1.87. The van der Waals surface area contributed by atoms with Crippen LogP contribution < -0.4 is 5.73 Å². The van der Waals surface area contributed by atoms with E-state index < -0.39 is 62.6 Å². The summed E-state index contributed by atoms with van der Waals surface area (Å²) in [6.07, 6.45) is 0.118. The van der Waals surface area contributed by atoms with Gasteiger partial charge in [-0.25, -0.2) is 12.8 Å². The lowest BCUT2D eigenvalue weighted by Gasteiger charge is -2.15. The summed E-state index contributed by atoms with van der Waals surface area (Å²) in [6.45, 7) is -0.711. The first kappa shape index (κ1) is 7.88. The van der Waals surface area contributed by atoms with Crippen molar-refractivity contribution in [1.82, 2.24) is 0 Å². The first-order valence-electron chi connectivity index (χ1n) is 6.66. The van der Waals surface area contributed by atoms with E-state index in [2.05, 4.69) is 0 Å². The fraction of sp³-hybridized carbons (Fsp3) is 0.200. The molecule has 1 aromatic rings. The highest BCUT2D eigenvalue weighted by atomic mass is 32.2. The van der Waals surface area contributed by atoms with Gasteiger partial charge in [-0.1, -0.05) is 18.1 Å². The van der Waals surface area contributed by atoms with Crippen LogP contribution in [-0.4, -0.2) is 20.2 Å². The molecule has 0 spiro atoms. The van der Waals surface area contributed by atoms with Crippen LogP contribution in [0, 0.1) is 0 Å². The van der Waals surface area contributed by atoms with E-state index in [0.717, 1.165) is 0 Å². The van der Waals surface area contributed by atoms with Crippen LogP contribution in [0.3, 0.4) is 0 Å². The minimum atomic E-state index is -5.91. The molecule has 1 rings (SSSR count). The molecule has 0 radical (unpaired) electrons. The number of hydrogen-bond donors (Lipinski definition) is 1. The molecule has 0 amide bonds. The van der Waals surface area contributed by atoms with Crippen LogP contribution >= 0.6 is 0 Å². The molecule has 7 heteroatoms. The third kappa shape index (κ3) is 2.50. The Kier molecular flexibility index (Phi) is 2.27. The van der Waals surface area contributed by atoms with E-state index in [0.29, 0.717) is 0 Å². The van der Waals surface area contributed by atoms with Crippen LogP contribution in [-0.2, 0) is 9.84 Å². The Morgan fingerprint density at radius 1 is 1.41 bits per heavy atom. The highest BCUT2D eigenvalue weighted by Crippen LogP contribution is 2.35. The summed E-state index contributed by atoms with van der Waals surface area (Å²) >= 11 is 0. The van der Waals surface area contributed by atoms with Gasteiger partial charge in [0.2, 0.25) is 0 Å². The van der Waals surface area contributed by atoms with E-state index >= 15 is 0 Å². The van der Waals surface area contributed by atoms with Crippen molar-refractivity contribution < 1.29 is 28.4 Å². The number of alkyl halides is 2. The normalized spacial score (nSPS) is 17.9. The van der Waals surface area contributed by atoms with Crippen molar-refractivity contribution in [2.75, 3.05) is 6.54 Å². The maximum atomic E-state index is 13.8. The zero-order valence-electron chi connectivity index (χ0n) is 13.2. The largest absolute Gasteiger partial charge is 0.400 e. The minimum Gasteiger partial charge on any atom is -0.327 e. The number of nitrogens with two attached hydrogens (primary N) is 1. The average molecular weight is 270 g/mol. The van der Waals surface area contributed by atoms with E-state index in [-0.39, 0.29) is 6.08 Å². The van der Waals surface area contributed by atoms with Gasteiger partial charge in [-0.2, -0.15) is 8.78 Å². The molecular weight excluding hydrogens is 255 g/mol. The fourth-order valence-electron chi connectivity index (χ4n) is 0.852. The summed E-state index contributed by atoms with van der Waals surface area (Å²) < 4.78 is 101. The molecular formula is C10H10F3NO2S. The van der Waals surface area contributed by atoms with Crippen molar-refractivity contribution in [3.8, 4) is 0 Å². The van der Waals surface area contributed by atoms with Crippen LogP contribution in [0.15, 0.2) is 47.0 Å². The maximum Gasteiger partial charge on any atom is 0.400 e. The summed E-state index contributed by atoms with van der Waals surface area (Å²) in [4.78, 5) is -1.68. The molecule has 94 valence electrons. The molecule has 0 unspecified atom stereocenters. The van der Waals surface area contributed by atoms with Crippen LogP contribution in [0.4, 0.5) is 13.2 Å². The molecule has 0 aliphatic heterocycles. The van der Waals surface area contributed by atoms with Gasteiger partial charge >= 0.3 is 5.25 Å². The molecule has 0 saturated heterocycles. The third-order valence-corrected chi connectivity index (χ3v) is 3.27. The number of sulfone groups is 1. The summed E-state index contributed by atoms with van der Waals surface area (Å²) in [5, 5.41) is -5.11. The van der Waals surface area contributed by atoms with Gasteiger partial charge in [0.05, 0.1) is 11.7 Å². The Morgan fingerprint density at radius 2 is 1.94 bits per heavy atom. The first-order chi connectivity index (χ1) is 9.91. The molecule has 0 heterocycles. The topological polar surface area (TPSA) is 60.2 Å². The van der Waals surface area contributed by atoms with E-state index in [1.807, 2.05) is 0 Å². The number of benzene rings is 1. The zero-order chi connectivity index (χ0) is 17.5. The monoisotopic (exact) mass is 270 g/mol. The van der Waals surface area contributed by atoms with Gasteiger partial charge in [-0.05, 0) is 18.2 Å². The van der Waals surface area contributed by atoms with Gasteiger partial charge in [0.15, 0.2) is 5.83 Å². The Labute approximate surface area is 104 Å². The van der Waals surface area contributed by atoms with Crippen LogP contribution in [0.5, 0.6) is 0 Å². The van der Waals surface area contributed by atoms with Gasteiger partial charge in [0.1, 0.15) is 0 Å². The smallest absolute Gasteiger partial charge is 0.327 e. The van der Waals surface area contributed by atoms with Crippen molar-refractivity contribution in [1.29, 1.82) is 0 Å². The van der Waals surface area contributed by atoms with Crippen molar-refractivity contribution in [3.05, 3.63) is 42.1 Å². The molecule has 2 N–H and O–H groups in total. The lowest BCUT2D eigenvalue weighted by Crippen LogP contribution is -2.30. The Bertz CT molecular complexity index is 722. The third-order valence-electron chi connectivity index (χ3n) is 1.66. The van der Waals surface area contributed by atoms with Crippen molar-refractivity contribution in [3.63, 3.8) is 0 Å². The van der Waals surface area contributed by atoms with E-state index in [1.165, 1.54) is 0 Å². The highest BCUT2D eigenvalue weighted by Gasteiger charge is 2.50. The SMILES string of the molecule is [2H]c1c([2H])c([2H])c(S(=O)(=O)C(F)(F)/C(F)=C/CN)c([2H])c1[2H]. The molecule has 0 aliphatic rings. The quantitative estimate of drug-likeness (QED) is 0.908. The lowest BCUT2D eigenvalue weighted by molar-refractivity contribution is 0.105. The van der Waals surface area contributed by atoms with E-state index in [4.69, 9.17) is 12.6 Å². The second-order valence-electron chi connectivity index (χ2n) is 2.76.